The molecule has 0 spiro atoms. The molecule has 2 unspecified atom stereocenters. The zero-order valence-electron chi connectivity index (χ0n) is 11.3. The van der Waals surface area contributed by atoms with Crippen LogP contribution in [0.3, 0.4) is 0 Å². The van der Waals surface area contributed by atoms with Crippen LogP contribution in [0.5, 0.6) is 0 Å². The van der Waals surface area contributed by atoms with E-state index in [4.69, 9.17) is 16.3 Å². The zero-order chi connectivity index (χ0) is 15.5. The molecule has 0 saturated carbocycles. The van der Waals surface area contributed by atoms with Crippen LogP contribution in [0.15, 0.2) is 24.3 Å². The van der Waals surface area contributed by atoms with Crippen molar-refractivity contribution in [3.8, 4) is 0 Å². The third kappa shape index (κ3) is 3.85. The Morgan fingerprint density at radius 1 is 1.43 bits per heavy atom. The summed E-state index contributed by atoms with van der Waals surface area (Å²) in [5, 5.41) is -0.602. The van der Waals surface area contributed by atoms with Gasteiger partial charge < -0.3 is 4.74 Å². The highest BCUT2D eigenvalue weighted by Crippen LogP contribution is 2.20. The highest BCUT2D eigenvalue weighted by atomic mass is 35.5. The Morgan fingerprint density at radius 2 is 2.10 bits per heavy atom. The number of carbonyl (C=O) groups excluding carboxylic acids is 1. The topological polar surface area (TPSA) is 96.5 Å². The van der Waals surface area contributed by atoms with Gasteiger partial charge in [0.15, 0.2) is 5.37 Å². The van der Waals surface area contributed by atoms with E-state index in [0.717, 1.165) is 0 Å². The van der Waals surface area contributed by atoms with Crippen molar-refractivity contribution in [2.75, 3.05) is 17.9 Å². The van der Waals surface area contributed by atoms with Crippen molar-refractivity contribution < 1.29 is 17.9 Å². The lowest BCUT2D eigenvalue weighted by Gasteiger charge is -2.18. The van der Waals surface area contributed by atoms with E-state index >= 15 is 0 Å². The molecule has 2 rings (SSSR count). The van der Waals surface area contributed by atoms with Crippen LogP contribution >= 0.6 is 11.6 Å². The molecule has 1 heterocycles. The molecule has 21 heavy (non-hydrogen) atoms. The summed E-state index contributed by atoms with van der Waals surface area (Å²) in [7, 11) is -3.81. The number of anilines is 1. The van der Waals surface area contributed by atoms with Gasteiger partial charge in [0, 0.05) is 17.3 Å². The molecule has 2 atom stereocenters. The minimum atomic E-state index is -3.81. The van der Waals surface area contributed by atoms with Gasteiger partial charge >= 0.3 is 5.97 Å². The zero-order valence-corrected chi connectivity index (χ0v) is 12.9. The summed E-state index contributed by atoms with van der Waals surface area (Å²) in [4.78, 5) is 11.8. The van der Waals surface area contributed by atoms with E-state index in [1.54, 1.807) is 31.2 Å². The Kier molecular flexibility index (Phi) is 5.04. The van der Waals surface area contributed by atoms with Gasteiger partial charge in [-0.05, 0) is 31.2 Å². The molecular weight excluding hydrogens is 318 g/mol. The maximum absolute atomic E-state index is 12.4. The molecule has 1 saturated heterocycles. The van der Waals surface area contributed by atoms with E-state index < -0.39 is 27.3 Å². The molecule has 1 aliphatic heterocycles. The number of sulfonamides is 1. The lowest BCUT2D eigenvalue weighted by atomic mass is 10.2. The van der Waals surface area contributed by atoms with Crippen LogP contribution in [0.1, 0.15) is 6.92 Å². The van der Waals surface area contributed by atoms with Crippen LogP contribution in [0.2, 0.25) is 5.02 Å². The molecule has 1 aromatic carbocycles. The number of ether oxygens (including phenoxy) is 1. The van der Waals surface area contributed by atoms with Crippen molar-refractivity contribution in [2.24, 2.45) is 5.92 Å². The van der Waals surface area contributed by atoms with Crippen molar-refractivity contribution in [1.29, 1.82) is 0 Å². The minimum Gasteiger partial charge on any atom is -0.466 e. The number of benzene rings is 1. The van der Waals surface area contributed by atoms with Gasteiger partial charge in [-0.15, -0.1) is 0 Å². The third-order valence-corrected chi connectivity index (χ3v) is 4.85. The number of esters is 1. The fourth-order valence-electron chi connectivity index (χ4n) is 1.97. The summed E-state index contributed by atoms with van der Waals surface area (Å²) in [5.41, 5.74) is 5.63. The van der Waals surface area contributed by atoms with E-state index in [1.807, 2.05) is 0 Å². The van der Waals surface area contributed by atoms with Crippen molar-refractivity contribution in [1.82, 2.24) is 10.9 Å². The number of hydrogen-bond acceptors (Lipinski definition) is 6. The van der Waals surface area contributed by atoms with Crippen LogP contribution in [0, 0.1) is 5.92 Å². The number of halogens is 1. The number of hydrogen-bond donors (Lipinski definition) is 3. The average Bonchev–Trinajstić information content (AvgIpc) is 2.92. The van der Waals surface area contributed by atoms with Crippen LogP contribution < -0.4 is 15.6 Å². The number of rotatable bonds is 5. The molecule has 9 heteroatoms. The Morgan fingerprint density at radius 3 is 2.71 bits per heavy atom. The highest BCUT2D eigenvalue weighted by Gasteiger charge is 2.42. The van der Waals surface area contributed by atoms with Crippen molar-refractivity contribution >= 4 is 33.3 Å². The SMILES string of the molecule is CCOC(=O)C1CNNC1S(=O)(=O)Nc1ccc(Cl)cc1. The first-order chi connectivity index (χ1) is 9.94. The summed E-state index contributed by atoms with van der Waals surface area (Å²) in [6.07, 6.45) is 0. The molecule has 116 valence electrons. The fourth-order valence-corrected chi connectivity index (χ4v) is 3.57. The molecule has 0 radical (unpaired) electrons. The van der Waals surface area contributed by atoms with Gasteiger partial charge in [0.2, 0.25) is 0 Å². The van der Waals surface area contributed by atoms with Crippen LogP contribution in [0.4, 0.5) is 5.69 Å². The van der Waals surface area contributed by atoms with Crippen LogP contribution in [-0.4, -0.2) is 32.9 Å². The molecule has 0 bridgehead atoms. The second kappa shape index (κ2) is 6.61. The number of nitrogens with one attached hydrogen (secondary N) is 3. The normalized spacial score (nSPS) is 22.0. The molecule has 7 nitrogen and oxygen atoms in total. The summed E-state index contributed by atoms with van der Waals surface area (Å²) in [6.45, 7) is 2.06. The van der Waals surface area contributed by atoms with Gasteiger partial charge in [0.05, 0.1) is 6.61 Å². The standard InChI is InChI=1S/C12H16ClN3O4S/c1-2-20-12(17)10-7-14-15-11(10)21(18,19)16-9-5-3-8(13)4-6-9/h3-6,10-11,14-16H,2,7H2,1H3. The second-order valence-electron chi connectivity index (χ2n) is 4.46. The first kappa shape index (κ1) is 16.0. The smallest absolute Gasteiger partial charge is 0.313 e. The Labute approximate surface area is 128 Å². The molecule has 3 N–H and O–H groups in total. The van der Waals surface area contributed by atoms with Crippen molar-refractivity contribution in [2.45, 2.75) is 12.3 Å². The molecule has 0 aromatic heterocycles. The molecule has 1 aliphatic rings. The summed E-state index contributed by atoms with van der Waals surface area (Å²) < 4.78 is 32.0. The fraction of sp³-hybridized carbons (Fsp3) is 0.417. The quantitative estimate of drug-likeness (QED) is 0.686. The van der Waals surface area contributed by atoms with E-state index in [9.17, 15) is 13.2 Å². The first-order valence-electron chi connectivity index (χ1n) is 6.36. The molecule has 1 fully saturated rings. The first-order valence-corrected chi connectivity index (χ1v) is 8.28. The minimum absolute atomic E-state index is 0.186. The Hall–Kier alpha value is -1.35. The van der Waals surface area contributed by atoms with Crippen LogP contribution in [-0.2, 0) is 19.6 Å². The lowest BCUT2D eigenvalue weighted by molar-refractivity contribution is -0.147. The van der Waals surface area contributed by atoms with Gasteiger partial charge in [-0.2, -0.15) is 0 Å². The monoisotopic (exact) mass is 333 g/mol. The van der Waals surface area contributed by atoms with E-state index in [-0.39, 0.29) is 13.2 Å². The second-order valence-corrected chi connectivity index (χ2v) is 6.70. The third-order valence-electron chi connectivity index (χ3n) is 2.96. The average molecular weight is 334 g/mol. The Bertz CT molecular complexity index is 605. The van der Waals surface area contributed by atoms with E-state index in [1.165, 1.54) is 0 Å². The van der Waals surface area contributed by atoms with Gasteiger partial charge in [-0.1, -0.05) is 11.6 Å². The number of carbonyl (C=O) groups is 1. The summed E-state index contributed by atoms with van der Waals surface area (Å²) in [6, 6.07) is 6.23. The van der Waals surface area contributed by atoms with Gasteiger partial charge in [-0.3, -0.25) is 14.9 Å². The van der Waals surface area contributed by atoms with E-state index in [0.29, 0.717) is 10.7 Å². The predicted molar refractivity (Wildman–Crippen MR) is 79.0 cm³/mol. The van der Waals surface area contributed by atoms with E-state index in [2.05, 4.69) is 15.6 Å². The largest absolute Gasteiger partial charge is 0.466 e. The molecule has 1 aromatic rings. The highest BCUT2D eigenvalue weighted by molar-refractivity contribution is 7.93. The summed E-state index contributed by atoms with van der Waals surface area (Å²) in [5.74, 6) is -1.36. The molecule has 0 aliphatic carbocycles. The maximum Gasteiger partial charge on any atom is 0.313 e. The number of hydrazine groups is 1. The Balaban J connectivity index is 2.14. The molecular formula is C12H16ClN3O4S. The van der Waals surface area contributed by atoms with Crippen LogP contribution in [0.25, 0.3) is 0 Å². The van der Waals surface area contributed by atoms with Gasteiger partial charge in [-0.25, -0.2) is 13.8 Å². The predicted octanol–water partition coefficient (Wildman–Crippen LogP) is 0.695. The summed E-state index contributed by atoms with van der Waals surface area (Å²) >= 11 is 5.75. The molecule has 0 amide bonds. The lowest BCUT2D eigenvalue weighted by Crippen LogP contribution is -2.44. The maximum atomic E-state index is 12.4. The van der Waals surface area contributed by atoms with Crippen molar-refractivity contribution in [3.05, 3.63) is 29.3 Å². The van der Waals surface area contributed by atoms with Crippen molar-refractivity contribution in [3.63, 3.8) is 0 Å². The van der Waals surface area contributed by atoms with Gasteiger partial charge in [0.25, 0.3) is 10.0 Å². The van der Waals surface area contributed by atoms with Gasteiger partial charge in [0.1, 0.15) is 5.92 Å².